The van der Waals surface area contributed by atoms with Crippen LogP contribution in [0.25, 0.3) is 0 Å². The molecule has 0 unspecified atom stereocenters. The van der Waals surface area contributed by atoms with E-state index >= 15 is 0 Å². The SMILES string of the molecule is CC(C)(C)OC(=O)Nc1ccccc1C(C)(C)CC(=O)O. The molecular formula is C16H23NO4. The van der Waals surface area contributed by atoms with Gasteiger partial charge in [-0.05, 0) is 32.4 Å². The van der Waals surface area contributed by atoms with E-state index in [0.717, 1.165) is 5.56 Å². The number of ether oxygens (including phenoxy) is 1. The summed E-state index contributed by atoms with van der Waals surface area (Å²) in [4.78, 5) is 22.9. The molecule has 116 valence electrons. The van der Waals surface area contributed by atoms with Gasteiger partial charge in [-0.1, -0.05) is 32.0 Å². The van der Waals surface area contributed by atoms with Gasteiger partial charge in [0.15, 0.2) is 0 Å². The van der Waals surface area contributed by atoms with E-state index in [0.29, 0.717) is 5.69 Å². The molecule has 0 heterocycles. The van der Waals surface area contributed by atoms with E-state index in [9.17, 15) is 9.59 Å². The molecule has 1 aromatic carbocycles. The van der Waals surface area contributed by atoms with Crippen molar-refractivity contribution in [3.63, 3.8) is 0 Å². The Morgan fingerprint density at radius 3 is 2.24 bits per heavy atom. The fraction of sp³-hybridized carbons (Fsp3) is 0.500. The Morgan fingerprint density at radius 2 is 1.71 bits per heavy atom. The topological polar surface area (TPSA) is 75.6 Å². The Labute approximate surface area is 125 Å². The third-order valence-corrected chi connectivity index (χ3v) is 2.88. The summed E-state index contributed by atoms with van der Waals surface area (Å²) in [7, 11) is 0. The average Bonchev–Trinajstić information content (AvgIpc) is 2.24. The second kappa shape index (κ2) is 6.16. The van der Waals surface area contributed by atoms with Gasteiger partial charge in [-0.3, -0.25) is 10.1 Å². The Kier molecular flexibility index (Phi) is 4.99. The number of para-hydroxylation sites is 1. The first kappa shape index (κ1) is 17.0. The highest BCUT2D eigenvalue weighted by Gasteiger charge is 2.27. The lowest BCUT2D eigenvalue weighted by Crippen LogP contribution is -2.29. The predicted octanol–water partition coefficient (Wildman–Crippen LogP) is 3.79. The van der Waals surface area contributed by atoms with E-state index in [1.54, 1.807) is 32.9 Å². The Balaban J connectivity index is 3.00. The molecule has 1 aromatic rings. The van der Waals surface area contributed by atoms with E-state index in [-0.39, 0.29) is 6.42 Å². The second-order valence-electron chi connectivity index (χ2n) is 6.63. The van der Waals surface area contributed by atoms with Crippen molar-refractivity contribution in [3.8, 4) is 0 Å². The van der Waals surface area contributed by atoms with Gasteiger partial charge in [-0.2, -0.15) is 0 Å². The van der Waals surface area contributed by atoms with Crippen LogP contribution in [0.3, 0.4) is 0 Å². The van der Waals surface area contributed by atoms with Gasteiger partial charge in [0.05, 0.1) is 6.42 Å². The summed E-state index contributed by atoms with van der Waals surface area (Å²) in [5.74, 6) is -0.882. The number of carbonyl (C=O) groups is 2. The zero-order chi connectivity index (χ0) is 16.3. The minimum atomic E-state index is -0.882. The summed E-state index contributed by atoms with van der Waals surface area (Å²) in [5, 5.41) is 11.7. The van der Waals surface area contributed by atoms with Crippen molar-refractivity contribution in [2.75, 3.05) is 5.32 Å². The molecule has 0 aliphatic rings. The molecule has 0 atom stereocenters. The fourth-order valence-electron chi connectivity index (χ4n) is 2.07. The van der Waals surface area contributed by atoms with Crippen LogP contribution in [0.1, 0.15) is 46.6 Å². The lowest BCUT2D eigenvalue weighted by atomic mass is 9.80. The van der Waals surface area contributed by atoms with Gasteiger partial charge in [0.1, 0.15) is 5.60 Å². The highest BCUT2D eigenvalue weighted by molar-refractivity contribution is 5.86. The van der Waals surface area contributed by atoms with E-state index in [2.05, 4.69) is 5.32 Å². The summed E-state index contributed by atoms with van der Waals surface area (Å²) >= 11 is 0. The molecule has 0 radical (unpaired) electrons. The first-order valence-corrected chi connectivity index (χ1v) is 6.82. The number of carboxylic acid groups (broad SMARTS) is 1. The largest absolute Gasteiger partial charge is 0.481 e. The molecule has 0 aliphatic carbocycles. The highest BCUT2D eigenvalue weighted by Crippen LogP contribution is 2.33. The van der Waals surface area contributed by atoms with Gasteiger partial charge in [-0.25, -0.2) is 4.79 Å². The number of anilines is 1. The molecule has 0 spiro atoms. The van der Waals surface area contributed by atoms with Crippen LogP contribution in [0.15, 0.2) is 24.3 Å². The predicted molar refractivity (Wildman–Crippen MR) is 81.6 cm³/mol. The number of amides is 1. The first-order chi connectivity index (χ1) is 9.51. The Morgan fingerprint density at radius 1 is 1.14 bits per heavy atom. The monoisotopic (exact) mass is 293 g/mol. The number of benzene rings is 1. The van der Waals surface area contributed by atoms with E-state index in [1.807, 2.05) is 26.0 Å². The van der Waals surface area contributed by atoms with Crippen LogP contribution in [0, 0.1) is 0 Å². The molecule has 1 rings (SSSR count). The van der Waals surface area contributed by atoms with Crippen LogP contribution < -0.4 is 5.32 Å². The molecule has 5 nitrogen and oxygen atoms in total. The second-order valence-corrected chi connectivity index (χ2v) is 6.63. The number of hydrogen-bond acceptors (Lipinski definition) is 3. The van der Waals surface area contributed by atoms with Crippen LogP contribution >= 0.6 is 0 Å². The maximum absolute atomic E-state index is 11.9. The molecule has 0 bridgehead atoms. The molecule has 1 amide bonds. The van der Waals surface area contributed by atoms with Crippen molar-refractivity contribution in [2.45, 2.75) is 52.1 Å². The minimum Gasteiger partial charge on any atom is -0.481 e. The maximum Gasteiger partial charge on any atom is 0.412 e. The standard InChI is InChI=1S/C16H23NO4/c1-15(2,3)21-14(20)17-12-9-7-6-8-11(12)16(4,5)10-13(18)19/h6-9H,10H2,1-5H3,(H,17,20)(H,18,19). The van der Waals surface area contributed by atoms with Crippen molar-refractivity contribution >= 4 is 17.7 Å². The van der Waals surface area contributed by atoms with Gasteiger partial charge in [0.2, 0.25) is 0 Å². The summed E-state index contributed by atoms with van der Waals surface area (Å²) in [5.41, 5.74) is 0.142. The number of rotatable bonds is 4. The zero-order valence-corrected chi connectivity index (χ0v) is 13.2. The summed E-state index contributed by atoms with van der Waals surface area (Å²) in [6.45, 7) is 9.01. The smallest absolute Gasteiger partial charge is 0.412 e. The lowest BCUT2D eigenvalue weighted by molar-refractivity contribution is -0.138. The molecule has 5 heteroatoms. The van der Waals surface area contributed by atoms with Gasteiger partial charge >= 0.3 is 12.1 Å². The van der Waals surface area contributed by atoms with Crippen LogP contribution in [0.2, 0.25) is 0 Å². The maximum atomic E-state index is 11.9. The van der Waals surface area contributed by atoms with Gasteiger partial charge in [0, 0.05) is 11.1 Å². The van der Waals surface area contributed by atoms with Crippen molar-refractivity contribution in [1.29, 1.82) is 0 Å². The normalized spacial score (nSPS) is 11.9. The lowest BCUT2D eigenvalue weighted by Gasteiger charge is -2.27. The molecule has 0 saturated heterocycles. The van der Waals surface area contributed by atoms with Crippen molar-refractivity contribution in [1.82, 2.24) is 0 Å². The Hall–Kier alpha value is -2.04. The van der Waals surface area contributed by atoms with Crippen LogP contribution in [0.5, 0.6) is 0 Å². The number of carboxylic acids is 1. The van der Waals surface area contributed by atoms with E-state index in [1.165, 1.54) is 0 Å². The molecule has 2 N–H and O–H groups in total. The van der Waals surface area contributed by atoms with Gasteiger partial charge < -0.3 is 9.84 Å². The zero-order valence-electron chi connectivity index (χ0n) is 13.2. The molecule has 21 heavy (non-hydrogen) atoms. The quantitative estimate of drug-likeness (QED) is 0.885. The van der Waals surface area contributed by atoms with Crippen LogP contribution in [-0.4, -0.2) is 22.8 Å². The Bertz CT molecular complexity index is 529. The summed E-state index contributed by atoms with van der Waals surface area (Å²) < 4.78 is 5.22. The summed E-state index contributed by atoms with van der Waals surface area (Å²) in [6.07, 6.45) is -0.582. The van der Waals surface area contributed by atoms with E-state index < -0.39 is 23.1 Å². The average molecular weight is 293 g/mol. The summed E-state index contributed by atoms with van der Waals surface area (Å²) in [6, 6.07) is 7.16. The third-order valence-electron chi connectivity index (χ3n) is 2.88. The number of hydrogen-bond donors (Lipinski definition) is 2. The number of aliphatic carboxylic acids is 1. The van der Waals surface area contributed by atoms with Gasteiger partial charge in [-0.15, -0.1) is 0 Å². The van der Waals surface area contributed by atoms with Crippen LogP contribution in [0.4, 0.5) is 10.5 Å². The minimum absolute atomic E-state index is 0.0278. The van der Waals surface area contributed by atoms with Gasteiger partial charge in [0.25, 0.3) is 0 Å². The molecule has 0 aromatic heterocycles. The van der Waals surface area contributed by atoms with Crippen molar-refractivity contribution < 1.29 is 19.4 Å². The fourth-order valence-corrected chi connectivity index (χ4v) is 2.07. The van der Waals surface area contributed by atoms with Crippen molar-refractivity contribution in [3.05, 3.63) is 29.8 Å². The third kappa shape index (κ3) is 5.45. The molecule has 0 aliphatic heterocycles. The van der Waals surface area contributed by atoms with Crippen LogP contribution in [-0.2, 0) is 14.9 Å². The molecular weight excluding hydrogens is 270 g/mol. The molecule has 0 saturated carbocycles. The first-order valence-electron chi connectivity index (χ1n) is 6.82. The number of carbonyl (C=O) groups excluding carboxylic acids is 1. The molecule has 0 fully saturated rings. The highest BCUT2D eigenvalue weighted by atomic mass is 16.6. The van der Waals surface area contributed by atoms with E-state index in [4.69, 9.17) is 9.84 Å². The number of nitrogens with one attached hydrogen (secondary N) is 1. The van der Waals surface area contributed by atoms with Crippen molar-refractivity contribution in [2.24, 2.45) is 0 Å².